The number of nitrogens with zero attached hydrogens (tertiary/aromatic N) is 3. The first-order chi connectivity index (χ1) is 26.9. The van der Waals surface area contributed by atoms with Crippen molar-refractivity contribution in [3.8, 4) is 0 Å². The number of likely N-dealkylation sites (tertiary alicyclic amines) is 1. The van der Waals surface area contributed by atoms with Crippen LogP contribution < -0.4 is 10.6 Å². The van der Waals surface area contributed by atoms with Crippen LogP contribution >= 0.6 is 0 Å². The minimum Gasteiger partial charge on any atom is -0.480 e. The number of Topliss-reactive ketones (excluding diaryl/α,β-unsaturated/α-hetero) is 1. The van der Waals surface area contributed by atoms with Crippen molar-refractivity contribution in [3.63, 3.8) is 0 Å². The molecule has 1 aliphatic heterocycles. The van der Waals surface area contributed by atoms with Crippen molar-refractivity contribution in [3.05, 3.63) is 35.9 Å². The summed E-state index contributed by atoms with van der Waals surface area (Å²) in [6.07, 6.45) is 1.93. The highest BCUT2D eigenvalue weighted by atomic mass is 16.5. The maximum absolute atomic E-state index is 14.5. The number of benzene rings is 1. The Morgan fingerprint density at radius 3 is 2.12 bits per heavy atom. The van der Waals surface area contributed by atoms with E-state index in [9.17, 15) is 29.1 Å². The molecule has 13 heteroatoms. The summed E-state index contributed by atoms with van der Waals surface area (Å²) in [7, 11) is 8.73. The van der Waals surface area contributed by atoms with E-state index in [1.165, 1.54) is 7.11 Å². The van der Waals surface area contributed by atoms with Crippen molar-refractivity contribution in [1.29, 1.82) is 0 Å². The number of amides is 3. The number of carbonyl (C=O) groups is 5. The fourth-order valence-electron chi connectivity index (χ4n) is 8.64. The Bertz CT molecular complexity index is 1410. The van der Waals surface area contributed by atoms with Gasteiger partial charge in [0.25, 0.3) is 0 Å². The Morgan fingerprint density at radius 2 is 1.60 bits per heavy atom. The predicted molar refractivity (Wildman–Crippen MR) is 224 cm³/mol. The first kappa shape index (κ1) is 49.8. The van der Waals surface area contributed by atoms with Crippen molar-refractivity contribution in [2.75, 3.05) is 55.0 Å². The van der Waals surface area contributed by atoms with Crippen LogP contribution in [-0.2, 0) is 39.9 Å². The molecule has 1 aliphatic rings. The standard InChI is InChI=1S/C44H75N5O8/c1-13-30(6)40(48(10)43(53)33(28(2)3)26-36(50)39(29(4)5)47(9)23-18-22-45-8)37(56-11)27-38(51)49-24-17-21-35(49)41(57-12)31(7)42(52)46-34(44(54)55)25-32-19-15-14-16-20-32/h14-16,19-20,28-31,33-35,37,39-41,45H,13,17-18,21-27H2,1-12H3,(H,46,52)(H,54,55)/t30-,31+,33-,34-,35-,37+,39-,40-,41+/m0/s1. The Kier molecular flexibility index (Phi) is 21.4. The number of methoxy groups -OCH3 is 2. The first-order valence-corrected chi connectivity index (χ1v) is 21.0. The van der Waals surface area contributed by atoms with Gasteiger partial charge in [0.15, 0.2) is 5.78 Å². The highest BCUT2D eigenvalue weighted by molar-refractivity contribution is 5.90. The van der Waals surface area contributed by atoms with Gasteiger partial charge in [-0.3, -0.25) is 24.1 Å². The van der Waals surface area contributed by atoms with Gasteiger partial charge in [-0.15, -0.1) is 0 Å². The second kappa shape index (κ2) is 24.5. The molecule has 3 amide bonds. The van der Waals surface area contributed by atoms with Crippen LogP contribution in [0.3, 0.4) is 0 Å². The summed E-state index contributed by atoms with van der Waals surface area (Å²) in [4.78, 5) is 73.9. The van der Waals surface area contributed by atoms with Crippen LogP contribution in [0.15, 0.2) is 30.3 Å². The lowest BCUT2D eigenvalue weighted by Crippen LogP contribution is -2.55. The van der Waals surface area contributed by atoms with Crippen LogP contribution in [0.1, 0.15) is 92.6 Å². The molecular weight excluding hydrogens is 727 g/mol. The van der Waals surface area contributed by atoms with Gasteiger partial charge in [0, 0.05) is 46.6 Å². The van der Waals surface area contributed by atoms with E-state index in [1.54, 1.807) is 30.9 Å². The number of carboxylic acid groups (broad SMARTS) is 1. The molecule has 9 atom stereocenters. The second-order valence-corrected chi connectivity index (χ2v) is 16.8. The Hall–Kier alpha value is -3.39. The van der Waals surface area contributed by atoms with Crippen molar-refractivity contribution in [2.45, 2.75) is 130 Å². The van der Waals surface area contributed by atoms with E-state index in [0.717, 1.165) is 31.5 Å². The molecular formula is C44H75N5O8. The fraction of sp³-hybridized carbons (Fsp3) is 0.750. The average molecular weight is 802 g/mol. The zero-order valence-electron chi connectivity index (χ0n) is 37.0. The van der Waals surface area contributed by atoms with Crippen LogP contribution in [0, 0.1) is 29.6 Å². The fourth-order valence-corrected chi connectivity index (χ4v) is 8.64. The smallest absolute Gasteiger partial charge is 0.326 e. The summed E-state index contributed by atoms with van der Waals surface area (Å²) in [6, 6.07) is 6.84. The molecule has 1 aromatic rings. The minimum absolute atomic E-state index is 0.00686. The lowest BCUT2D eigenvalue weighted by molar-refractivity contribution is -0.149. The molecule has 2 rings (SSSR count). The van der Waals surface area contributed by atoms with Gasteiger partial charge in [0.2, 0.25) is 17.7 Å². The van der Waals surface area contributed by atoms with Gasteiger partial charge in [-0.1, -0.05) is 85.2 Å². The number of rotatable bonds is 26. The quantitative estimate of drug-likeness (QED) is 0.114. The van der Waals surface area contributed by atoms with E-state index in [-0.39, 0.29) is 60.7 Å². The zero-order valence-corrected chi connectivity index (χ0v) is 37.0. The number of ketones is 1. The monoisotopic (exact) mass is 802 g/mol. The van der Waals surface area contributed by atoms with Gasteiger partial charge in [0.1, 0.15) is 6.04 Å². The van der Waals surface area contributed by atoms with E-state index in [2.05, 4.69) is 22.5 Å². The zero-order chi connectivity index (χ0) is 43.0. The summed E-state index contributed by atoms with van der Waals surface area (Å²) in [5, 5.41) is 15.8. The summed E-state index contributed by atoms with van der Waals surface area (Å²) in [6.45, 7) is 15.9. The van der Waals surface area contributed by atoms with Gasteiger partial charge in [0.05, 0.1) is 42.7 Å². The highest BCUT2D eigenvalue weighted by Crippen LogP contribution is 2.31. The van der Waals surface area contributed by atoms with E-state index >= 15 is 0 Å². The molecule has 0 radical (unpaired) electrons. The van der Waals surface area contributed by atoms with Gasteiger partial charge in [-0.05, 0) is 69.8 Å². The molecule has 0 spiro atoms. The van der Waals surface area contributed by atoms with E-state index < -0.39 is 54.0 Å². The third kappa shape index (κ3) is 14.1. The maximum atomic E-state index is 14.5. The number of hydrogen-bond donors (Lipinski definition) is 3. The molecule has 1 heterocycles. The molecule has 3 N–H and O–H groups in total. The van der Waals surface area contributed by atoms with Crippen LogP contribution in [-0.4, -0.2) is 141 Å². The third-order valence-corrected chi connectivity index (χ3v) is 12.1. The lowest BCUT2D eigenvalue weighted by atomic mass is 9.83. The molecule has 57 heavy (non-hydrogen) atoms. The maximum Gasteiger partial charge on any atom is 0.326 e. The molecule has 0 unspecified atom stereocenters. The van der Waals surface area contributed by atoms with Gasteiger partial charge >= 0.3 is 5.97 Å². The Labute approximate surface area is 343 Å². The summed E-state index contributed by atoms with van der Waals surface area (Å²) < 4.78 is 12.0. The summed E-state index contributed by atoms with van der Waals surface area (Å²) >= 11 is 0. The molecule has 1 saturated heterocycles. The van der Waals surface area contributed by atoms with Crippen molar-refractivity contribution < 1.29 is 38.6 Å². The summed E-state index contributed by atoms with van der Waals surface area (Å²) in [5.41, 5.74) is 0.788. The van der Waals surface area contributed by atoms with Gasteiger partial charge in [-0.2, -0.15) is 0 Å². The average Bonchev–Trinajstić information content (AvgIpc) is 3.66. The molecule has 0 aliphatic carbocycles. The van der Waals surface area contributed by atoms with E-state index in [4.69, 9.17) is 9.47 Å². The molecule has 0 aromatic heterocycles. The molecule has 0 bridgehead atoms. The largest absolute Gasteiger partial charge is 0.480 e. The second-order valence-electron chi connectivity index (χ2n) is 16.8. The van der Waals surface area contributed by atoms with Gasteiger partial charge < -0.3 is 35.0 Å². The van der Waals surface area contributed by atoms with Crippen LogP contribution in [0.25, 0.3) is 0 Å². The number of ether oxygens (including phenoxy) is 2. The van der Waals surface area contributed by atoms with Crippen molar-refractivity contribution >= 4 is 29.5 Å². The highest BCUT2D eigenvalue weighted by Gasteiger charge is 2.43. The first-order valence-electron chi connectivity index (χ1n) is 21.0. The van der Waals surface area contributed by atoms with E-state index in [0.29, 0.717) is 19.4 Å². The number of nitrogens with one attached hydrogen (secondary N) is 2. The SMILES string of the molecule is CC[C@H](C)[C@@H]([C@@H](CC(=O)N1CCC[C@H]1[C@H](OC)[C@@H](C)C(=O)N[C@@H](Cc1ccccc1)C(=O)O)OC)N(C)C(=O)[C@@H](CC(=O)[C@H](C(C)C)N(C)CCCNC)C(C)C. The normalized spacial score (nSPS) is 18.8. The van der Waals surface area contributed by atoms with Crippen LogP contribution in [0.4, 0.5) is 0 Å². The molecule has 1 fully saturated rings. The number of carbonyl (C=O) groups excluding carboxylic acids is 4. The molecule has 324 valence electrons. The predicted octanol–water partition coefficient (Wildman–Crippen LogP) is 4.52. The van der Waals surface area contributed by atoms with E-state index in [1.807, 2.05) is 79.0 Å². The van der Waals surface area contributed by atoms with Crippen LogP contribution in [0.2, 0.25) is 0 Å². The molecule has 13 nitrogen and oxygen atoms in total. The topological polar surface area (TPSA) is 158 Å². The Morgan fingerprint density at radius 1 is 0.947 bits per heavy atom. The number of likely N-dealkylation sites (N-methyl/N-ethyl adjacent to an activating group) is 2. The van der Waals surface area contributed by atoms with Gasteiger partial charge in [-0.25, -0.2) is 4.79 Å². The van der Waals surface area contributed by atoms with Crippen LogP contribution in [0.5, 0.6) is 0 Å². The minimum atomic E-state index is -1.13. The molecule has 0 saturated carbocycles. The Balaban J connectivity index is 2.27. The number of carboxylic acids is 1. The number of aliphatic carboxylic acids is 1. The summed E-state index contributed by atoms with van der Waals surface area (Å²) in [5.74, 6) is -3.17. The third-order valence-electron chi connectivity index (χ3n) is 12.1. The van der Waals surface area contributed by atoms with Crippen molar-refractivity contribution in [2.24, 2.45) is 29.6 Å². The lowest BCUT2D eigenvalue weighted by Gasteiger charge is -2.41. The van der Waals surface area contributed by atoms with Crippen molar-refractivity contribution in [1.82, 2.24) is 25.3 Å². The molecule has 1 aromatic carbocycles. The number of hydrogen-bond acceptors (Lipinski definition) is 9.